The van der Waals surface area contributed by atoms with Gasteiger partial charge in [-0.15, -0.1) is 24.2 Å². The summed E-state index contributed by atoms with van der Waals surface area (Å²) in [5, 5.41) is 22.4. The zero-order valence-electron chi connectivity index (χ0n) is 13.5. The van der Waals surface area contributed by atoms with E-state index < -0.39 is 18.0 Å². The Morgan fingerprint density at radius 1 is 1.16 bits per heavy atom. The van der Waals surface area contributed by atoms with E-state index in [1.54, 1.807) is 23.9 Å². The van der Waals surface area contributed by atoms with Gasteiger partial charge in [0, 0.05) is 15.2 Å². The van der Waals surface area contributed by atoms with Crippen molar-refractivity contribution in [3.05, 3.63) is 28.8 Å². The molecule has 0 aromatic heterocycles. The number of halogens is 2. The van der Waals surface area contributed by atoms with E-state index >= 15 is 0 Å². The highest BCUT2D eigenvalue weighted by Crippen LogP contribution is 2.43. The minimum atomic E-state index is -0.971. The van der Waals surface area contributed by atoms with Gasteiger partial charge in [0.1, 0.15) is 6.04 Å². The van der Waals surface area contributed by atoms with E-state index in [0.717, 1.165) is 30.7 Å². The number of benzene rings is 1. The molecule has 0 radical (unpaired) electrons. The van der Waals surface area contributed by atoms with E-state index in [4.69, 9.17) is 11.6 Å². The Morgan fingerprint density at radius 3 is 2.60 bits per heavy atom. The number of carbonyl (C=O) groups is 2. The van der Waals surface area contributed by atoms with Crippen LogP contribution in [0.4, 0.5) is 0 Å². The predicted octanol–water partition coefficient (Wildman–Crippen LogP) is 3.78. The Kier molecular flexibility index (Phi) is 7.02. The highest BCUT2D eigenvalue weighted by molar-refractivity contribution is 8.00. The summed E-state index contributed by atoms with van der Waals surface area (Å²) in [7, 11) is 0. The van der Waals surface area contributed by atoms with Crippen molar-refractivity contribution >= 4 is 47.7 Å². The van der Waals surface area contributed by atoms with Crippen molar-refractivity contribution in [3.8, 4) is 0 Å². The number of piperidine rings is 1. The van der Waals surface area contributed by atoms with Gasteiger partial charge in [-0.05, 0) is 62.3 Å². The Hall–Kier alpha value is -0.950. The number of aromatic carboxylic acids is 1. The molecule has 3 N–H and O–H groups in total. The molecule has 138 valence electrons. The fourth-order valence-corrected chi connectivity index (χ4v) is 5.32. The number of hydrogen-bond acceptors (Lipinski definition) is 4. The zero-order chi connectivity index (χ0) is 17.3. The Morgan fingerprint density at radius 2 is 1.92 bits per heavy atom. The Labute approximate surface area is 161 Å². The topological polar surface area (TPSA) is 86.6 Å². The molecule has 1 aromatic rings. The predicted molar refractivity (Wildman–Crippen MR) is 100 cm³/mol. The first-order valence-corrected chi connectivity index (χ1v) is 9.35. The highest BCUT2D eigenvalue weighted by atomic mass is 35.5. The summed E-state index contributed by atoms with van der Waals surface area (Å²) in [5.41, 5.74) is 0.239. The molecule has 0 unspecified atom stereocenters. The van der Waals surface area contributed by atoms with Crippen LogP contribution in [0, 0.1) is 11.8 Å². The van der Waals surface area contributed by atoms with Gasteiger partial charge in [-0.2, -0.15) is 0 Å². The number of rotatable bonds is 4. The SMILES string of the molecule is Cl.O=C(O)c1cc(Cl)ccc1S[C@H]1CC[C@H]2CN[C@H](C(=O)O)C[C@H]2C1. The first kappa shape index (κ1) is 20.4. The van der Waals surface area contributed by atoms with Gasteiger partial charge in [0.05, 0.1) is 5.56 Å². The van der Waals surface area contributed by atoms with Crippen LogP contribution >= 0.6 is 35.8 Å². The van der Waals surface area contributed by atoms with Crippen LogP contribution in [-0.2, 0) is 4.79 Å². The molecule has 3 rings (SSSR count). The average Bonchev–Trinajstić information content (AvgIpc) is 2.55. The average molecular weight is 406 g/mol. The molecule has 0 bridgehead atoms. The third-order valence-corrected chi connectivity index (χ3v) is 6.63. The van der Waals surface area contributed by atoms with Crippen molar-refractivity contribution < 1.29 is 19.8 Å². The molecule has 1 saturated heterocycles. The second-order valence-corrected chi connectivity index (χ2v) is 8.33. The number of nitrogens with one attached hydrogen (secondary N) is 1. The summed E-state index contributed by atoms with van der Waals surface area (Å²) >= 11 is 7.49. The molecule has 25 heavy (non-hydrogen) atoms. The van der Waals surface area contributed by atoms with Crippen LogP contribution in [0.15, 0.2) is 23.1 Å². The number of aliphatic carboxylic acids is 1. The van der Waals surface area contributed by atoms with Crippen molar-refractivity contribution in [2.75, 3.05) is 6.54 Å². The molecule has 8 heteroatoms. The fraction of sp³-hybridized carbons (Fsp3) is 0.529. The van der Waals surface area contributed by atoms with E-state index in [-0.39, 0.29) is 18.0 Å². The molecule has 1 saturated carbocycles. The number of hydrogen-bond donors (Lipinski definition) is 3. The number of carboxylic acids is 2. The molecule has 4 atom stereocenters. The second-order valence-electron chi connectivity index (χ2n) is 6.55. The van der Waals surface area contributed by atoms with Gasteiger partial charge < -0.3 is 15.5 Å². The molecule has 1 aromatic carbocycles. The summed E-state index contributed by atoms with van der Waals surface area (Å²) in [6.07, 6.45) is 3.66. The lowest BCUT2D eigenvalue weighted by atomic mass is 9.73. The lowest BCUT2D eigenvalue weighted by Crippen LogP contribution is -2.49. The third-order valence-electron chi connectivity index (χ3n) is 5.02. The van der Waals surface area contributed by atoms with Crippen LogP contribution in [0.2, 0.25) is 5.02 Å². The zero-order valence-corrected chi connectivity index (χ0v) is 15.9. The standard InChI is InChI=1S/C17H20ClNO4S.ClH/c18-11-2-4-15(13(7-11)16(20)21)24-12-3-1-9-8-19-14(17(22)23)6-10(9)5-12;/h2,4,7,9-10,12,14,19H,1,3,5-6,8H2,(H,20,21)(H,22,23);1H/t9-,10+,12-,14-;/m0./s1. The first-order valence-electron chi connectivity index (χ1n) is 8.09. The van der Waals surface area contributed by atoms with Gasteiger partial charge in [-0.1, -0.05) is 11.6 Å². The van der Waals surface area contributed by atoms with E-state index in [2.05, 4.69) is 5.32 Å². The van der Waals surface area contributed by atoms with Gasteiger partial charge >= 0.3 is 11.9 Å². The monoisotopic (exact) mass is 405 g/mol. The normalized spacial score (nSPS) is 28.5. The Balaban J connectivity index is 0.00000225. The maximum absolute atomic E-state index is 11.4. The van der Waals surface area contributed by atoms with Crippen molar-refractivity contribution in [1.29, 1.82) is 0 Å². The van der Waals surface area contributed by atoms with E-state index in [1.165, 1.54) is 6.07 Å². The Bertz CT molecular complexity index is 658. The van der Waals surface area contributed by atoms with Crippen molar-refractivity contribution in [3.63, 3.8) is 0 Å². The lowest BCUT2D eigenvalue weighted by Gasteiger charge is -2.41. The summed E-state index contributed by atoms with van der Waals surface area (Å²) in [5.74, 6) is -0.837. The van der Waals surface area contributed by atoms with Crippen LogP contribution in [0.25, 0.3) is 0 Å². The van der Waals surface area contributed by atoms with Crippen molar-refractivity contribution in [2.45, 2.75) is 41.9 Å². The quantitative estimate of drug-likeness (QED) is 0.706. The van der Waals surface area contributed by atoms with Crippen molar-refractivity contribution in [1.82, 2.24) is 5.32 Å². The second kappa shape index (κ2) is 8.62. The molecule has 0 amide bonds. The highest BCUT2D eigenvalue weighted by Gasteiger charge is 2.38. The van der Waals surface area contributed by atoms with Crippen LogP contribution in [0.5, 0.6) is 0 Å². The summed E-state index contributed by atoms with van der Waals surface area (Å²) in [6, 6.07) is 4.51. The van der Waals surface area contributed by atoms with Crippen LogP contribution in [-0.4, -0.2) is 40.0 Å². The van der Waals surface area contributed by atoms with Crippen LogP contribution in [0.1, 0.15) is 36.0 Å². The third kappa shape index (κ3) is 4.82. The minimum Gasteiger partial charge on any atom is -0.480 e. The van der Waals surface area contributed by atoms with Crippen LogP contribution < -0.4 is 5.32 Å². The largest absolute Gasteiger partial charge is 0.480 e. The molecular weight excluding hydrogens is 385 g/mol. The molecule has 2 fully saturated rings. The maximum Gasteiger partial charge on any atom is 0.336 e. The van der Waals surface area contributed by atoms with Gasteiger partial charge in [0.15, 0.2) is 0 Å². The fourth-order valence-electron chi connectivity index (χ4n) is 3.77. The summed E-state index contributed by atoms with van der Waals surface area (Å²) < 4.78 is 0. The minimum absolute atomic E-state index is 0. The molecule has 1 aliphatic carbocycles. The van der Waals surface area contributed by atoms with Gasteiger partial charge in [-0.3, -0.25) is 4.79 Å². The molecule has 1 heterocycles. The number of thioether (sulfide) groups is 1. The molecule has 1 aliphatic heterocycles. The van der Waals surface area contributed by atoms with Crippen LogP contribution in [0.3, 0.4) is 0 Å². The van der Waals surface area contributed by atoms with Gasteiger partial charge in [0.25, 0.3) is 0 Å². The molecule has 2 aliphatic rings. The van der Waals surface area contributed by atoms with E-state index in [1.807, 2.05) is 0 Å². The van der Waals surface area contributed by atoms with Crippen molar-refractivity contribution in [2.24, 2.45) is 11.8 Å². The molecule has 5 nitrogen and oxygen atoms in total. The summed E-state index contributed by atoms with van der Waals surface area (Å²) in [4.78, 5) is 23.4. The van der Waals surface area contributed by atoms with E-state index in [0.29, 0.717) is 28.5 Å². The molecular formula is C17H21Cl2NO4S. The number of carboxylic acid groups (broad SMARTS) is 2. The smallest absolute Gasteiger partial charge is 0.336 e. The van der Waals surface area contributed by atoms with Gasteiger partial charge in [0.2, 0.25) is 0 Å². The molecule has 0 spiro atoms. The lowest BCUT2D eigenvalue weighted by molar-refractivity contribution is -0.141. The summed E-state index contributed by atoms with van der Waals surface area (Å²) in [6.45, 7) is 0.764. The first-order chi connectivity index (χ1) is 11.4. The van der Waals surface area contributed by atoms with Gasteiger partial charge in [-0.25, -0.2) is 4.79 Å². The van der Waals surface area contributed by atoms with E-state index in [9.17, 15) is 19.8 Å². The number of fused-ring (bicyclic) bond motifs is 1. The maximum atomic E-state index is 11.4.